The van der Waals surface area contributed by atoms with Crippen LogP contribution in [0, 0.1) is 16.0 Å². The highest BCUT2D eigenvalue weighted by Gasteiger charge is 2.19. The Bertz CT molecular complexity index is 451. The van der Waals surface area contributed by atoms with Gasteiger partial charge in [0.05, 0.1) is 4.92 Å². The van der Waals surface area contributed by atoms with Crippen LogP contribution in [0.2, 0.25) is 0 Å². The highest BCUT2D eigenvalue weighted by atomic mass is 79.9. The van der Waals surface area contributed by atoms with Gasteiger partial charge in [0.1, 0.15) is 0 Å². The largest absolute Gasteiger partial charge is 0.371 e. The van der Waals surface area contributed by atoms with Crippen LogP contribution < -0.4 is 4.90 Å². The first-order valence-corrected chi connectivity index (χ1v) is 7.32. The average molecular weight is 313 g/mol. The molecule has 5 heteroatoms. The van der Waals surface area contributed by atoms with Crippen LogP contribution in [0.1, 0.15) is 25.3 Å². The Labute approximate surface area is 115 Å². The molecular weight excluding hydrogens is 296 g/mol. The second kappa shape index (κ2) is 5.69. The lowest BCUT2D eigenvalue weighted by atomic mass is 9.99. The number of nitro benzene ring substituents is 1. The SMILES string of the molecule is CC1CCCN(c2ccc([N+](=O)[O-])c(CBr)c2)C1. The molecule has 1 unspecified atom stereocenters. The summed E-state index contributed by atoms with van der Waals surface area (Å²) in [5, 5.41) is 11.4. The number of hydrogen-bond donors (Lipinski definition) is 0. The van der Waals surface area contributed by atoms with Gasteiger partial charge in [0.2, 0.25) is 0 Å². The van der Waals surface area contributed by atoms with Crippen molar-refractivity contribution in [2.75, 3.05) is 18.0 Å². The fraction of sp³-hybridized carbons (Fsp3) is 0.538. The molecule has 1 aliphatic rings. The number of halogens is 1. The summed E-state index contributed by atoms with van der Waals surface area (Å²) < 4.78 is 0. The number of anilines is 1. The van der Waals surface area contributed by atoms with E-state index in [0.717, 1.165) is 24.3 Å². The molecule has 18 heavy (non-hydrogen) atoms. The van der Waals surface area contributed by atoms with E-state index in [2.05, 4.69) is 27.8 Å². The van der Waals surface area contributed by atoms with E-state index in [1.165, 1.54) is 12.8 Å². The average Bonchev–Trinajstić information content (AvgIpc) is 2.37. The highest BCUT2D eigenvalue weighted by molar-refractivity contribution is 9.08. The summed E-state index contributed by atoms with van der Waals surface area (Å²) in [6.07, 6.45) is 2.47. The Hall–Kier alpha value is -1.10. The molecule has 0 aromatic heterocycles. The Kier molecular flexibility index (Phi) is 4.22. The zero-order chi connectivity index (χ0) is 13.1. The van der Waals surface area contributed by atoms with Crippen LogP contribution in [0.3, 0.4) is 0 Å². The zero-order valence-electron chi connectivity index (χ0n) is 10.4. The van der Waals surface area contributed by atoms with Crippen LogP contribution in [0.15, 0.2) is 18.2 Å². The first kappa shape index (κ1) is 13.3. The smallest absolute Gasteiger partial charge is 0.273 e. The number of rotatable bonds is 3. The summed E-state index contributed by atoms with van der Waals surface area (Å²) in [5.41, 5.74) is 2.04. The van der Waals surface area contributed by atoms with E-state index in [0.29, 0.717) is 11.2 Å². The van der Waals surface area contributed by atoms with Gasteiger partial charge >= 0.3 is 0 Å². The molecule has 0 spiro atoms. The Balaban J connectivity index is 2.26. The second-order valence-electron chi connectivity index (χ2n) is 4.90. The van der Waals surface area contributed by atoms with Crippen LogP contribution in [-0.4, -0.2) is 18.0 Å². The van der Waals surface area contributed by atoms with Crippen LogP contribution in [0.5, 0.6) is 0 Å². The number of alkyl halides is 1. The van der Waals surface area contributed by atoms with Gasteiger partial charge in [-0.1, -0.05) is 22.9 Å². The van der Waals surface area contributed by atoms with Crippen molar-refractivity contribution in [1.82, 2.24) is 0 Å². The van der Waals surface area contributed by atoms with Crippen LogP contribution in [0.25, 0.3) is 0 Å². The zero-order valence-corrected chi connectivity index (χ0v) is 12.0. The third-order valence-electron chi connectivity index (χ3n) is 3.43. The van der Waals surface area contributed by atoms with Crippen molar-refractivity contribution in [3.8, 4) is 0 Å². The third kappa shape index (κ3) is 2.83. The van der Waals surface area contributed by atoms with Crippen LogP contribution >= 0.6 is 15.9 Å². The molecular formula is C13H17BrN2O2. The summed E-state index contributed by atoms with van der Waals surface area (Å²) in [7, 11) is 0. The summed E-state index contributed by atoms with van der Waals surface area (Å²) >= 11 is 3.32. The lowest BCUT2D eigenvalue weighted by molar-refractivity contribution is -0.385. The molecule has 1 aromatic rings. The lowest BCUT2D eigenvalue weighted by Gasteiger charge is -2.33. The summed E-state index contributed by atoms with van der Waals surface area (Å²) in [6, 6.07) is 5.42. The molecule has 2 rings (SSSR count). The number of benzene rings is 1. The molecule has 0 radical (unpaired) electrons. The molecule has 1 heterocycles. The minimum absolute atomic E-state index is 0.195. The molecule has 0 N–H and O–H groups in total. The van der Waals surface area contributed by atoms with Gasteiger partial charge in [0, 0.05) is 35.7 Å². The Morgan fingerprint density at radius 2 is 2.33 bits per heavy atom. The molecule has 1 fully saturated rings. The topological polar surface area (TPSA) is 46.4 Å². The maximum atomic E-state index is 10.9. The predicted molar refractivity (Wildman–Crippen MR) is 76.3 cm³/mol. The predicted octanol–water partition coefficient (Wildman–Crippen LogP) is 3.73. The fourth-order valence-electron chi connectivity index (χ4n) is 2.48. The monoisotopic (exact) mass is 312 g/mol. The Morgan fingerprint density at radius 1 is 1.56 bits per heavy atom. The van der Waals surface area contributed by atoms with Crippen molar-refractivity contribution in [3.05, 3.63) is 33.9 Å². The van der Waals surface area contributed by atoms with Gasteiger partial charge in [-0.15, -0.1) is 0 Å². The van der Waals surface area contributed by atoms with Crippen molar-refractivity contribution < 1.29 is 4.92 Å². The number of hydrogen-bond acceptors (Lipinski definition) is 3. The number of nitro groups is 1. The quantitative estimate of drug-likeness (QED) is 0.485. The Morgan fingerprint density at radius 3 is 2.94 bits per heavy atom. The second-order valence-corrected chi connectivity index (χ2v) is 5.46. The van der Waals surface area contributed by atoms with E-state index < -0.39 is 0 Å². The molecule has 0 amide bonds. The summed E-state index contributed by atoms with van der Waals surface area (Å²) in [5.74, 6) is 0.696. The van der Waals surface area contributed by atoms with Crippen molar-refractivity contribution in [2.24, 2.45) is 5.92 Å². The highest BCUT2D eigenvalue weighted by Crippen LogP contribution is 2.29. The first-order chi connectivity index (χ1) is 8.61. The molecule has 0 saturated carbocycles. The normalized spacial score (nSPS) is 19.9. The number of piperidine rings is 1. The maximum Gasteiger partial charge on any atom is 0.273 e. The minimum atomic E-state index is -0.320. The molecule has 1 aliphatic heterocycles. The third-order valence-corrected chi connectivity index (χ3v) is 4.03. The summed E-state index contributed by atoms with van der Waals surface area (Å²) in [6.45, 7) is 4.34. The molecule has 0 aliphatic carbocycles. The van der Waals surface area contributed by atoms with Gasteiger partial charge in [0.15, 0.2) is 0 Å². The van der Waals surface area contributed by atoms with Gasteiger partial charge < -0.3 is 4.90 Å². The fourth-order valence-corrected chi connectivity index (χ4v) is 2.93. The van der Waals surface area contributed by atoms with Crippen molar-refractivity contribution in [2.45, 2.75) is 25.1 Å². The minimum Gasteiger partial charge on any atom is -0.371 e. The van der Waals surface area contributed by atoms with Gasteiger partial charge in [-0.2, -0.15) is 0 Å². The summed E-state index contributed by atoms with van der Waals surface area (Å²) in [4.78, 5) is 12.9. The maximum absolute atomic E-state index is 10.9. The van der Waals surface area contributed by atoms with E-state index in [9.17, 15) is 10.1 Å². The van der Waals surface area contributed by atoms with Gasteiger partial charge in [0.25, 0.3) is 5.69 Å². The molecule has 1 aromatic carbocycles. The standard InChI is InChI=1S/C13H17BrN2O2/c1-10-3-2-6-15(9-10)12-4-5-13(16(17)18)11(7-12)8-14/h4-5,7,10H,2-3,6,8-9H2,1H3. The molecule has 0 bridgehead atoms. The van der Waals surface area contributed by atoms with E-state index in [1.54, 1.807) is 6.07 Å². The molecule has 4 nitrogen and oxygen atoms in total. The van der Waals surface area contributed by atoms with E-state index in [1.807, 2.05) is 12.1 Å². The number of nitrogens with zero attached hydrogens (tertiary/aromatic N) is 2. The van der Waals surface area contributed by atoms with E-state index in [4.69, 9.17) is 0 Å². The van der Waals surface area contributed by atoms with Gasteiger partial charge in [-0.3, -0.25) is 10.1 Å². The molecule has 1 atom stereocenters. The van der Waals surface area contributed by atoms with Crippen molar-refractivity contribution in [3.63, 3.8) is 0 Å². The van der Waals surface area contributed by atoms with Crippen molar-refractivity contribution in [1.29, 1.82) is 0 Å². The first-order valence-electron chi connectivity index (χ1n) is 6.20. The van der Waals surface area contributed by atoms with Crippen LogP contribution in [0.4, 0.5) is 11.4 Å². The molecule has 98 valence electrons. The molecule has 1 saturated heterocycles. The van der Waals surface area contributed by atoms with Crippen LogP contribution in [-0.2, 0) is 5.33 Å². The lowest BCUT2D eigenvalue weighted by Crippen LogP contribution is -2.34. The van der Waals surface area contributed by atoms with E-state index in [-0.39, 0.29) is 10.6 Å². The van der Waals surface area contributed by atoms with Crippen molar-refractivity contribution >= 4 is 27.3 Å². The van der Waals surface area contributed by atoms with E-state index >= 15 is 0 Å². The van der Waals surface area contributed by atoms with Gasteiger partial charge in [-0.25, -0.2) is 0 Å². The van der Waals surface area contributed by atoms with Gasteiger partial charge in [-0.05, 0) is 30.9 Å².